The Balaban J connectivity index is 1.38. The van der Waals surface area contributed by atoms with Crippen LogP contribution >= 0.6 is 0 Å². The first kappa shape index (κ1) is 20.0. The standard InChI is InChI=1S/C24H26N8O/c25-9-7-15-1-5-18(6-2-15)32-22-19-8-10-26-23(19)27-12-20(22)30-24(32)16-11-28-31(13-16)14-21(33)29-17-3-4-17/h8,10-13,15,17-18H,1-7,14H2,(H,26,27)(H,29,33)/t15-,18-. The number of aromatic amines is 1. The molecule has 168 valence electrons. The second-order valence-electron chi connectivity index (χ2n) is 9.34. The topological polar surface area (TPSA) is 117 Å². The van der Waals surface area contributed by atoms with E-state index in [2.05, 4.69) is 37.1 Å². The van der Waals surface area contributed by atoms with Crippen LogP contribution in [0.15, 0.2) is 30.9 Å². The second kappa shape index (κ2) is 8.03. The van der Waals surface area contributed by atoms with Crippen molar-refractivity contribution in [1.82, 2.24) is 34.6 Å². The predicted octanol–water partition coefficient (Wildman–Crippen LogP) is 3.70. The van der Waals surface area contributed by atoms with Gasteiger partial charge in [-0.3, -0.25) is 9.48 Å². The molecule has 9 heteroatoms. The lowest BCUT2D eigenvalue weighted by Crippen LogP contribution is -2.29. The number of H-pyrrole nitrogens is 1. The number of nitrogens with zero attached hydrogens (tertiary/aromatic N) is 6. The second-order valence-corrected chi connectivity index (χ2v) is 9.34. The van der Waals surface area contributed by atoms with Crippen molar-refractivity contribution in [3.8, 4) is 17.5 Å². The van der Waals surface area contributed by atoms with Crippen LogP contribution < -0.4 is 5.32 Å². The van der Waals surface area contributed by atoms with Gasteiger partial charge in [0.2, 0.25) is 5.91 Å². The lowest BCUT2D eigenvalue weighted by Gasteiger charge is -2.29. The number of hydrogen-bond acceptors (Lipinski definition) is 5. The van der Waals surface area contributed by atoms with Crippen LogP contribution in [0.5, 0.6) is 0 Å². The van der Waals surface area contributed by atoms with Crippen molar-refractivity contribution < 1.29 is 4.79 Å². The third-order valence-corrected chi connectivity index (χ3v) is 6.94. The Morgan fingerprint density at radius 3 is 2.85 bits per heavy atom. The van der Waals surface area contributed by atoms with E-state index in [0.717, 1.165) is 72.0 Å². The van der Waals surface area contributed by atoms with Gasteiger partial charge in [0.1, 0.15) is 23.5 Å². The Kier molecular flexibility index (Phi) is 4.86. The summed E-state index contributed by atoms with van der Waals surface area (Å²) in [6.07, 6.45) is 14.3. The van der Waals surface area contributed by atoms with Gasteiger partial charge in [-0.05, 0) is 50.5 Å². The zero-order valence-corrected chi connectivity index (χ0v) is 18.4. The number of imidazole rings is 1. The van der Waals surface area contributed by atoms with Crippen molar-refractivity contribution in [2.75, 3.05) is 0 Å². The molecule has 1 amide bonds. The van der Waals surface area contributed by atoms with Gasteiger partial charge in [0.25, 0.3) is 0 Å². The van der Waals surface area contributed by atoms with Gasteiger partial charge >= 0.3 is 0 Å². The van der Waals surface area contributed by atoms with E-state index in [4.69, 9.17) is 10.2 Å². The van der Waals surface area contributed by atoms with Gasteiger partial charge in [0.15, 0.2) is 0 Å². The van der Waals surface area contributed by atoms with Gasteiger partial charge < -0.3 is 14.9 Å². The van der Waals surface area contributed by atoms with Gasteiger partial charge in [-0.1, -0.05) is 0 Å². The molecule has 6 rings (SSSR count). The van der Waals surface area contributed by atoms with Crippen LogP contribution in [0.4, 0.5) is 0 Å². The zero-order chi connectivity index (χ0) is 22.4. The molecular formula is C24H26N8O. The van der Waals surface area contributed by atoms with Crippen LogP contribution in [0.25, 0.3) is 33.5 Å². The van der Waals surface area contributed by atoms with E-state index in [1.165, 1.54) is 0 Å². The molecule has 4 aromatic rings. The molecule has 0 saturated heterocycles. The molecule has 4 aromatic heterocycles. The highest BCUT2D eigenvalue weighted by Gasteiger charge is 2.28. The number of pyridine rings is 1. The summed E-state index contributed by atoms with van der Waals surface area (Å²) in [5, 5.41) is 17.6. The average molecular weight is 443 g/mol. The monoisotopic (exact) mass is 442 g/mol. The maximum atomic E-state index is 12.2. The van der Waals surface area contributed by atoms with Gasteiger partial charge in [-0.15, -0.1) is 0 Å². The highest BCUT2D eigenvalue weighted by Crippen LogP contribution is 2.40. The first-order valence-electron chi connectivity index (χ1n) is 11.7. The van der Waals surface area contributed by atoms with Gasteiger partial charge in [-0.25, -0.2) is 9.97 Å². The molecule has 2 N–H and O–H groups in total. The Morgan fingerprint density at radius 2 is 2.06 bits per heavy atom. The summed E-state index contributed by atoms with van der Waals surface area (Å²) < 4.78 is 4.03. The van der Waals surface area contributed by atoms with Crippen molar-refractivity contribution in [1.29, 1.82) is 5.26 Å². The normalized spacial score (nSPS) is 20.8. The number of amides is 1. The quantitative estimate of drug-likeness (QED) is 0.472. The first-order valence-corrected chi connectivity index (χ1v) is 11.7. The Morgan fingerprint density at radius 1 is 1.21 bits per heavy atom. The summed E-state index contributed by atoms with van der Waals surface area (Å²) in [6, 6.07) is 5.02. The molecule has 0 spiro atoms. The van der Waals surface area contributed by atoms with Gasteiger partial charge in [0, 0.05) is 36.3 Å². The minimum atomic E-state index is -0.00491. The number of hydrogen-bond donors (Lipinski definition) is 2. The lowest BCUT2D eigenvalue weighted by molar-refractivity contribution is -0.122. The number of rotatable bonds is 6. The van der Waals surface area contributed by atoms with E-state index in [1.807, 2.05) is 18.6 Å². The molecule has 2 fully saturated rings. The van der Waals surface area contributed by atoms with Crippen molar-refractivity contribution >= 4 is 28.0 Å². The number of nitrogens with one attached hydrogen (secondary N) is 2. The molecule has 2 aliphatic carbocycles. The van der Waals surface area contributed by atoms with Crippen molar-refractivity contribution in [3.05, 3.63) is 30.9 Å². The zero-order valence-electron chi connectivity index (χ0n) is 18.4. The molecule has 0 unspecified atom stereocenters. The highest BCUT2D eigenvalue weighted by atomic mass is 16.2. The first-order chi connectivity index (χ1) is 16.2. The van der Waals surface area contributed by atoms with Gasteiger partial charge in [-0.2, -0.15) is 10.4 Å². The van der Waals surface area contributed by atoms with Crippen molar-refractivity contribution in [2.45, 2.75) is 63.6 Å². The molecule has 9 nitrogen and oxygen atoms in total. The number of aromatic nitrogens is 6. The third kappa shape index (κ3) is 3.75. The van der Waals surface area contributed by atoms with Crippen molar-refractivity contribution in [2.24, 2.45) is 5.92 Å². The number of carbonyl (C=O) groups excluding carboxylic acids is 1. The Hall–Kier alpha value is -3.67. The Bertz CT molecular complexity index is 1360. The number of nitriles is 1. The molecule has 0 aliphatic heterocycles. The van der Waals surface area contributed by atoms with E-state index >= 15 is 0 Å². The van der Waals surface area contributed by atoms with Crippen LogP contribution in [0.1, 0.15) is 51.0 Å². The van der Waals surface area contributed by atoms with Crippen LogP contribution in [0.3, 0.4) is 0 Å². The summed E-state index contributed by atoms with van der Waals surface area (Å²) >= 11 is 0. The van der Waals surface area contributed by atoms with Crippen LogP contribution in [-0.4, -0.2) is 41.2 Å². The molecule has 0 bridgehead atoms. The average Bonchev–Trinajstić information content (AvgIpc) is 3.19. The molecule has 2 saturated carbocycles. The fourth-order valence-corrected chi connectivity index (χ4v) is 5.10. The van der Waals surface area contributed by atoms with E-state index in [0.29, 0.717) is 24.4 Å². The largest absolute Gasteiger partial charge is 0.352 e. The fraction of sp³-hybridized carbons (Fsp3) is 0.458. The highest BCUT2D eigenvalue weighted by molar-refractivity contribution is 6.02. The molecule has 2 aliphatic rings. The summed E-state index contributed by atoms with van der Waals surface area (Å²) in [7, 11) is 0. The van der Waals surface area contributed by atoms with Crippen LogP contribution in [0, 0.1) is 17.2 Å². The van der Waals surface area contributed by atoms with Crippen LogP contribution in [-0.2, 0) is 11.3 Å². The molecule has 33 heavy (non-hydrogen) atoms. The van der Waals surface area contributed by atoms with E-state index in [9.17, 15) is 4.79 Å². The van der Waals surface area contributed by atoms with E-state index in [-0.39, 0.29) is 12.5 Å². The Labute approximate surface area is 190 Å². The molecule has 0 radical (unpaired) electrons. The number of carbonyl (C=O) groups is 1. The predicted molar refractivity (Wildman–Crippen MR) is 123 cm³/mol. The number of fused-ring (bicyclic) bond motifs is 3. The van der Waals surface area contributed by atoms with Crippen LogP contribution in [0.2, 0.25) is 0 Å². The summed E-state index contributed by atoms with van der Waals surface area (Å²) in [5.74, 6) is 1.33. The SMILES string of the molecule is N#CC[C@H]1CC[C@H](n2c(-c3cnn(CC(=O)NC4CC4)c3)nc3cnc4[nH]ccc4c32)CC1. The smallest absolute Gasteiger partial charge is 0.241 e. The molecular weight excluding hydrogens is 416 g/mol. The van der Waals surface area contributed by atoms with E-state index < -0.39 is 0 Å². The maximum absolute atomic E-state index is 12.2. The summed E-state index contributed by atoms with van der Waals surface area (Å²) in [4.78, 5) is 25.0. The summed E-state index contributed by atoms with van der Waals surface area (Å²) in [5.41, 5.74) is 3.68. The van der Waals surface area contributed by atoms with Crippen molar-refractivity contribution in [3.63, 3.8) is 0 Å². The lowest BCUT2D eigenvalue weighted by atomic mass is 9.84. The van der Waals surface area contributed by atoms with E-state index in [1.54, 1.807) is 10.9 Å². The third-order valence-electron chi connectivity index (χ3n) is 6.94. The maximum Gasteiger partial charge on any atom is 0.241 e. The fourth-order valence-electron chi connectivity index (χ4n) is 5.10. The molecule has 0 atom stereocenters. The molecule has 0 aromatic carbocycles. The molecule has 4 heterocycles. The van der Waals surface area contributed by atoms with Gasteiger partial charge in [0.05, 0.1) is 29.5 Å². The minimum absolute atomic E-state index is 0.00491. The minimum Gasteiger partial charge on any atom is -0.352 e. The summed E-state index contributed by atoms with van der Waals surface area (Å²) in [6.45, 7) is 0.208.